The highest BCUT2D eigenvalue weighted by molar-refractivity contribution is 5.78. The first kappa shape index (κ1) is 13.1. The first-order chi connectivity index (χ1) is 8.65. The van der Waals surface area contributed by atoms with Gasteiger partial charge in [-0.1, -0.05) is 30.3 Å². The minimum absolute atomic E-state index is 0.136. The molecule has 1 atom stereocenters. The summed E-state index contributed by atoms with van der Waals surface area (Å²) in [5.41, 5.74) is 1.08. The minimum atomic E-state index is 0.136. The van der Waals surface area contributed by atoms with Crippen molar-refractivity contribution in [3.05, 3.63) is 35.9 Å². The Kier molecular flexibility index (Phi) is 4.37. The summed E-state index contributed by atoms with van der Waals surface area (Å²) in [5.74, 6) is 0.136. The van der Waals surface area contributed by atoms with Gasteiger partial charge in [0.1, 0.15) is 0 Å². The first-order valence-corrected chi connectivity index (χ1v) is 6.72. The lowest BCUT2D eigenvalue weighted by molar-refractivity contribution is -0.121. The number of carbonyl (C=O) groups is 1. The molecule has 1 saturated heterocycles. The molecular formula is C15H22N2O. The van der Waals surface area contributed by atoms with Crippen molar-refractivity contribution < 1.29 is 4.79 Å². The van der Waals surface area contributed by atoms with Crippen LogP contribution in [0.25, 0.3) is 0 Å². The largest absolute Gasteiger partial charge is 0.352 e. The van der Waals surface area contributed by atoms with Crippen LogP contribution in [0.15, 0.2) is 30.3 Å². The van der Waals surface area contributed by atoms with E-state index in [1.165, 1.54) is 0 Å². The van der Waals surface area contributed by atoms with Gasteiger partial charge in [-0.3, -0.25) is 9.69 Å². The third-order valence-corrected chi connectivity index (χ3v) is 3.52. The molecule has 0 aliphatic carbocycles. The molecule has 98 valence electrons. The molecule has 1 unspecified atom stereocenters. The maximum absolute atomic E-state index is 11.9. The predicted octanol–water partition coefficient (Wildman–Crippen LogP) is 1.83. The van der Waals surface area contributed by atoms with E-state index in [-0.39, 0.29) is 5.91 Å². The summed E-state index contributed by atoms with van der Waals surface area (Å²) in [6.45, 7) is 6.48. The summed E-state index contributed by atoms with van der Waals surface area (Å²) in [4.78, 5) is 14.3. The van der Waals surface area contributed by atoms with E-state index in [4.69, 9.17) is 0 Å². The first-order valence-electron chi connectivity index (χ1n) is 6.72. The van der Waals surface area contributed by atoms with Crippen LogP contribution in [0, 0.1) is 0 Å². The lowest BCUT2D eigenvalue weighted by atomic mass is 10.1. The second-order valence-electron chi connectivity index (χ2n) is 5.30. The number of likely N-dealkylation sites (tertiary alicyclic amines) is 1. The van der Waals surface area contributed by atoms with E-state index in [0.717, 1.165) is 25.1 Å². The minimum Gasteiger partial charge on any atom is -0.352 e. The molecular weight excluding hydrogens is 224 g/mol. The standard InChI is InChI=1S/C15H22N2O/c1-12(2)17-9-8-14(11-17)16-15(18)10-13-6-4-3-5-7-13/h3-7,12,14H,8-11H2,1-2H3,(H,16,18). The van der Waals surface area contributed by atoms with Gasteiger partial charge in [0, 0.05) is 25.2 Å². The van der Waals surface area contributed by atoms with Crippen molar-refractivity contribution in [3.63, 3.8) is 0 Å². The van der Waals surface area contributed by atoms with Crippen LogP contribution in [0.2, 0.25) is 0 Å². The van der Waals surface area contributed by atoms with Gasteiger partial charge in [0.05, 0.1) is 6.42 Å². The molecule has 3 heteroatoms. The maximum Gasteiger partial charge on any atom is 0.224 e. The Hall–Kier alpha value is -1.35. The van der Waals surface area contributed by atoms with Crippen LogP contribution in [0.4, 0.5) is 0 Å². The number of carbonyl (C=O) groups excluding carboxylic acids is 1. The summed E-state index contributed by atoms with van der Waals surface area (Å²) >= 11 is 0. The fourth-order valence-corrected chi connectivity index (χ4v) is 2.43. The van der Waals surface area contributed by atoms with Crippen LogP contribution in [-0.4, -0.2) is 36.0 Å². The smallest absolute Gasteiger partial charge is 0.224 e. The Morgan fingerprint density at radius 3 is 2.72 bits per heavy atom. The fourth-order valence-electron chi connectivity index (χ4n) is 2.43. The third kappa shape index (κ3) is 3.57. The number of amides is 1. The predicted molar refractivity (Wildman–Crippen MR) is 73.4 cm³/mol. The molecule has 0 radical (unpaired) electrons. The molecule has 2 rings (SSSR count). The number of benzene rings is 1. The molecule has 1 fully saturated rings. The summed E-state index contributed by atoms with van der Waals surface area (Å²) in [7, 11) is 0. The molecule has 1 heterocycles. The number of nitrogens with zero attached hydrogens (tertiary/aromatic N) is 1. The Morgan fingerprint density at radius 2 is 2.11 bits per heavy atom. The molecule has 1 aromatic rings. The van der Waals surface area contributed by atoms with Crippen molar-refractivity contribution in [1.82, 2.24) is 10.2 Å². The topological polar surface area (TPSA) is 32.3 Å². The zero-order valence-corrected chi connectivity index (χ0v) is 11.2. The van der Waals surface area contributed by atoms with E-state index in [0.29, 0.717) is 18.5 Å². The summed E-state index contributed by atoms with van der Waals surface area (Å²) < 4.78 is 0. The molecule has 1 aliphatic rings. The van der Waals surface area contributed by atoms with E-state index in [1.54, 1.807) is 0 Å². The van der Waals surface area contributed by atoms with Gasteiger partial charge in [-0.05, 0) is 25.8 Å². The van der Waals surface area contributed by atoms with E-state index < -0.39 is 0 Å². The SMILES string of the molecule is CC(C)N1CCC(NC(=O)Cc2ccccc2)C1. The molecule has 1 N–H and O–H groups in total. The van der Waals surface area contributed by atoms with Gasteiger partial charge in [0.25, 0.3) is 0 Å². The van der Waals surface area contributed by atoms with E-state index in [2.05, 4.69) is 24.1 Å². The highest BCUT2D eigenvalue weighted by Gasteiger charge is 2.25. The highest BCUT2D eigenvalue weighted by atomic mass is 16.1. The van der Waals surface area contributed by atoms with Gasteiger partial charge >= 0.3 is 0 Å². The van der Waals surface area contributed by atoms with Crippen molar-refractivity contribution in [1.29, 1.82) is 0 Å². The molecule has 0 bridgehead atoms. The van der Waals surface area contributed by atoms with Gasteiger partial charge in [0.2, 0.25) is 5.91 Å². The Bertz CT molecular complexity index is 389. The summed E-state index contributed by atoms with van der Waals surface area (Å²) in [6.07, 6.45) is 1.55. The van der Waals surface area contributed by atoms with Gasteiger partial charge in [0.15, 0.2) is 0 Å². The summed E-state index contributed by atoms with van der Waals surface area (Å²) in [6, 6.07) is 10.8. The lowest BCUT2D eigenvalue weighted by Gasteiger charge is -2.20. The average molecular weight is 246 g/mol. The second-order valence-corrected chi connectivity index (χ2v) is 5.30. The highest BCUT2D eigenvalue weighted by Crippen LogP contribution is 2.12. The van der Waals surface area contributed by atoms with E-state index in [9.17, 15) is 4.79 Å². The van der Waals surface area contributed by atoms with Crippen molar-refractivity contribution in [3.8, 4) is 0 Å². The molecule has 0 saturated carbocycles. The number of rotatable bonds is 4. The average Bonchev–Trinajstić information content (AvgIpc) is 2.78. The molecule has 3 nitrogen and oxygen atoms in total. The van der Waals surface area contributed by atoms with E-state index >= 15 is 0 Å². The van der Waals surface area contributed by atoms with Crippen LogP contribution >= 0.6 is 0 Å². The molecule has 1 amide bonds. The number of hydrogen-bond acceptors (Lipinski definition) is 2. The van der Waals surface area contributed by atoms with Gasteiger partial charge in [-0.25, -0.2) is 0 Å². The summed E-state index contributed by atoms with van der Waals surface area (Å²) in [5, 5.41) is 3.13. The normalized spacial score (nSPS) is 20.3. The van der Waals surface area contributed by atoms with Crippen molar-refractivity contribution in [2.45, 2.75) is 38.8 Å². The molecule has 0 aromatic heterocycles. The van der Waals surface area contributed by atoms with Crippen LogP contribution in [-0.2, 0) is 11.2 Å². The van der Waals surface area contributed by atoms with Gasteiger partial charge in [-0.2, -0.15) is 0 Å². The monoisotopic (exact) mass is 246 g/mol. The van der Waals surface area contributed by atoms with Crippen molar-refractivity contribution in [2.24, 2.45) is 0 Å². The lowest BCUT2D eigenvalue weighted by Crippen LogP contribution is -2.39. The van der Waals surface area contributed by atoms with Gasteiger partial charge < -0.3 is 5.32 Å². The maximum atomic E-state index is 11.9. The van der Waals surface area contributed by atoms with Crippen LogP contribution < -0.4 is 5.32 Å². The number of hydrogen-bond donors (Lipinski definition) is 1. The Balaban J connectivity index is 1.79. The van der Waals surface area contributed by atoms with Crippen LogP contribution in [0.3, 0.4) is 0 Å². The van der Waals surface area contributed by atoms with Crippen molar-refractivity contribution >= 4 is 5.91 Å². The van der Waals surface area contributed by atoms with Crippen LogP contribution in [0.5, 0.6) is 0 Å². The zero-order chi connectivity index (χ0) is 13.0. The Morgan fingerprint density at radius 1 is 1.39 bits per heavy atom. The zero-order valence-electron chi connectivity index (χ0n) is 11.2. The number of nitrogens with one attached hydrogen (secondary N) is 1. The van der Waals surface area contributed by atoms with Crippen LogP contribution in [0.1, 0.15) is 25.8 Å². The quantitative estimate of drug-likeness (QED) is 0.879. The second kappa shape index (κ2) is 6.01. The van der Waals surface area contributed by atoms with Crippen molar-refractivity contribution in [2.75, 3.05) is 13.1 Å². The fraction of sp³-hybridized carbons (Fsp3) is 0.533. The molecule has 18 heavy (non-hydrogen) atoms. The Labute approximate surface area is 109 Å². The third-order valence-electron chi connectivity index (χ3n) is 3.52. The molecule has 0 spiro atoms. The molecule has 1 aromatic carbocycles. The van der Waals surface area contributed by atoms with E-state index in [1.807, 2.05) is 30.3 Å². The molecule has 1 aliphatic heterocycles. The van der Waals surface area contributed by atoms with Gasteiger partial charge in [-0.15, -0.1) is 0 Å².